The van der Waals surface area contributed by atoms with Crippen molar-refractivity contribution in [3.05, 3.63) is 23.3 Å². The van der Waals surface area contributed by atoms with Gasteiger partial charge in [-0.2, -0.15) is 0 Å². The summed E-state index contributed by atoms with van der Waals surface area (Å²) in [5.41, 5.74) is 1.56. The summed E-state index contributed by atoms with van der Waals surface area (Å²) in [4.78, 5) is 25.1. The van der Waals surface area contributed by atoms with Crippen LogP contribution < -0.4 is 9.47 Å². The van der Waals surface area contributed by atoms with Crippen LogP contribution in [0.25, 0.3) is 0 Å². The lowest BCUT2D eigenvalue weighted by Crippen LogP contribution is -2.49. The lowest BCUT2D eigenvalue weighted by atomic mass is 9.55. The molecule has 0 unspecified atom stereocenters. The number of Topliss-reactive ketones (excluding diaryl/α,β-unsaturated/α-hetero) is 1. The van der Waals surface area contributed by atoms with E-state index < -0.39 is 5.41 Å². The molecule has 0 aromatic heterocycles. The summed E-state index contributed by atoms with van der Waals surface area (Å²) in [5.74, 6) is 1.31. The van der Waals surface area contributed by atoms with Gasteiger partial charge >= 0.3 is 5.97 Å². The van der Waals surface area contributed by atoms with E-state index in [1.165, 1.54) is 7.11 Å². The Kier molecular flexibility index (Phi) is 5.02. The number of methoxy groups -OCH3 is 3. The predicted molar refractivity (Wildman–Crippen MR) is 93.1 cm³/mol. The smallest absolute Gasteiger partial charge is 0.305 e. The summed E-state index contributed by atoms with van der Waals surface area (Å²) >= 11 is 0. The molecule has 0 N–H and O–H groups in total. The molecule has 2 atom stereocenters. The summed E-state index contributed by atoms with van der Waals surface area (Å²) in [6.45, 7) is 0. The molecule has 2 aliphatic rings. The molecule has 3 rings (SSSR count). The molecule has 0 saturated heterocycles. The molecule has 0 radical (unpaired) electrons. The number of benzene rings is 1. The maximum Gasteiger partial charge on any atom is 0.305 e. The Morgan fingerprint density at radius 1 is 1.12 bits per heavy atom. The Morgan fingerprint density at radius 3 is 2.52 bits per heavy atom. The average molecular weight is 346 g/mol. The highest BCUT2D eigenvalue weighted by atomic mass is 16.5. The number of carbonyl (C=O) groups is 2. The van der Waals surface area contributed by atoms with E-state index in [2.05, 4.69) is 0 Å². The van der Waals surface area contributed by atoms with Gasteiger partial charge in [0.05, 0.1) is 26.7 Å². The van der Waals surface area contributed by atoms with Crippen LogP contribution in [0.4, 0.5) is 0 Å². The van der Waals surface area contributed by atoms with Crippen LogP contribution in [0.5, 0.6) is 11.5 Å². The number of aryl methyl sites for hydroxylation is 1. The van der Waals surface area contributed by atoms with Crippen molar-refractivity contribution in [3.63, 3.8) is 0 Å². The van der Waals surface area contributed by atoms with Crippen molar-refractivity contribution in [1.82, 2.24) is 0 Å². The van der Waals surface area contributed by atoms with Gasteiger partial charge in [-0.25, -0.2) is 0 Å². The number of hydrogen-bond acceptors (Lipinski definition) is 5. The highest BCUT2D eigenvalue weighted by Gasteiger charge is 2.51. The standard InChI is InChI=1S/C20H26O5/c1-23-16-10-13-7-8-18(21)20(15(13)12-17(16)24-2)9-5-4-6-14(20)11-19(22)25-3/h10,12,14H,4-9,11H2,1-3H3/t14-,20-/m0/s1. The molecule has 1 fully saturated rings. The number of ether oxygens (including phenoxy) is 3. The molecule has 0 amide bonds. The van der Waals surface area contributed by atoms with E-state index >= 15 is 0 Å². The second-order valence-electron chi connectivity index (χ2n) is 6.98. The maximum absolute atomic E-state index is 13.1. The Bertz CT molecular complexity index is 681. The van der Waals surface area contributed by atoms with Gasteiger partial charge in [-0.05, 0) is 48.4 Å². The van der Waals surface area contributed by atoms with Crippen LogP contribution in [0, 0.1) is 5.92 Å². The van der Waals surface area contributed by atoms with Crippen molar-refractivity contribution in [2.45, 2.75) is 50.4 Å². The second kappa shape index (κ2) is 7.06. The number of ketones is 1. The van der Waals surface area contributed by atoms with E-state index in [1.54, 1.807) is 14.2 Å². The van der Waals surface area contributed by atoms with E-state index in [1.807, 2.05) is 12.1 Å². The lowest BCUT2D eigenvalue weighted by Gasteiger charge is -2.46. The molecular formula is C20H26O5. The first kappa shape index (κ1) is 17.8. The maximum atomic E-state index is 13.1. The Morgan fingerprint density at radius 2 is 1.84 bits per heavy atom. The van der Waals surface area contributed by atoms with Crippen LogP contribution in [0.15, 0.2) is 12.1 Å². The molecule has 0 aliphatic heterocycles. The lowest BCUT2D eigenvalue weighted by molar-refractivity contribution is -0.143. The Labute approximate surface area is 148 Å². The molecular weight excluding hydrogens is 320 g/mol. The number of fused-ring (bicyclic) bond motifs is 2. The van der Waals surface area contributed by atoms with Crippen LogP contribution in [-0.4, -0.2) is 33.1 Å². The van der Waals surface area contributed by atoms with Gasteiger partial charge in [0.2, 0.25) is 0 Å². The van der Waals surface area contributed by atoms with E-state index in [9.17, 15) is 9.59 Å². The predicted octanol–water partition coefficient (Wildman–Crippen LogP) is 3.21. The first-order valence-corrected chi connectivity index (χ1v) is 8.92. The summed E-state index contributed by atoms with van der Waals surface area (Å²) in [7, 11) is 4.63. The van der Waals surface area contributed by atoms with Gasteiger partial charge < -0.3 is 14.2 Å². The van der Waals surface area contributed by atoms with E-state index in [-0.39, 0.29) is 24.1 Å². The minimum atomic E-state index is -0.598. The quantitative estimate of drug-likeness (QED) is 0.784. The average Bonchev–Trinajstić information content (AvgIpc) is 2.65. The van der Waals surface area contributed by atoms with Gasteiger partial charge in [-0.15, -0.1) is 0 Å². The molecule has 1 saturated carbocycles. The zero-order valence-electron chi connectivity index (χ0n) is 15.2. The fourth-order valence-electron chi connectivity index (χ4n) is 4.69. The first-order chi connectivity index (χ1) is 12.1. The number of esters is 1. The van der Waals surface area contributed by atoms with Crippen molar-refractivity contribution in [2.75, 3.05) is 21.3 Å². The zero-order chi connectivity index (χ0) is 18.0. The fourth-order valence-corrected chi connectivity index (χ4v) is 4.69. The van der Waals surface area contributed by atoms with Crippen LogP contribution in [0.3, 0.4) is 0 Å². The summed E-state index contributed by atoms with van der Waals surface area (Å²) in [6, 6.07) is 3.95. The van der Waals surface area contributed by atoms with Gasteiger partial charge in [0.15, 0.2) is 11.5 Å². The minimum absolute atomic E-state index is 0.0154. The molecule has 136 valence electrons. The fraction of sp³-hybridized carbons (Fsp3) is 0.600. The third kappa shape index (κ3) is 2.90. The molecule has 0 heterocycles. The van der Waals surface area contributed by atoms with Gasteiger partial charge in [0.25, 0.3) is 0 Å². The van der Waals surface area contributed by atoms with Crippen LogP contribution >= 0.6 is 0 Å². The van der Waals surface area contributed by atoms with Gasteiger partial charge in [0, 0.05) is 12.8 Å². The molecule has 5 heteroatoms. The monoisotopic (exact) mass is 346 g/mol. The van der Waals surface area contributed by atoms with Crippen LogP contribution in [-0.2, 0) is 26.2 Å². The Balaban J connectivity index is 2.13. The highest BCUT2D eigenvalue weighted by molar-refractivity contribution is 5.93. The van der Waals surface area contributed by atoms with Crippen LogP contribution in [0.2, 0.25) is 0 Å². The summed E-state index contributed by atoms with van der Waals surface area (Å²) in [6.07, 6.45) is 5.21. The molecule has 1 spiro atoms. The van der Waals surface area contributed by atoms with Crippen molar-refractivity contribution in [2.24, 2.45) is 5.92 Å². The molecule has 1 aromatic carbocycles. The second-order valence-corrected chi connectivity index (χ2v) is 6.98. The minimum Gasteiger partial charge on any atom is -0.493 e. The Hall–Kier alpha value is -2.04. The molecule has 1 aromatic rings. The largest absolute Gasteiger partial charge is 0.493 e. The zero-order valence-corrected chi connectivity index (χ0v) is 15.2. The summed E-state index contributed by atoms with van der Waals surface area (Å²) < 4.78 is 15.8. The number of hydrogen-bond donors (Lipinski definition) is 0. The van der Waals surface area contributed by atoms with Crippen molar-refractivity contribution >= 4 is 11.8 Å². The van der Waals surface area contributed by atoms with E-state index in [4.69, 9.17) is 14.2 Å². The number of carbonyl (C=O) groups excluding carboxylic acids is 2. The SMILES string of the molecule is COC(=O)C[C@@H]1CCCC[C@]12C(=O)CCc1cc(OC)c(OC)cc12. The van der Waals surface area contributed by atoms with Crippen molar-refractivity contribution < 1.29 is 23.8 Å². The molecule has 5 nitrogen and oxygen atoms in total. The van der Waals surface area contributed by atoms with Gasteiger partial charge in [-0.1, -0.05) is 12.8 Å². The first-order valence-electron chi connectivity index (χ1n) is 8.92. The number of rotatable bonds is 4. The van der Waals surface area contributed by atoms with Gasteiger partial charge in [-0.3, -0.25) is 9.59 Å². The summed E-state index contributed by atoms with van der Waals surface area (Å²) in [5, 5.41) is 0. The van der Waals surface area contributed by atoms with Gasteiger partial charge in [0.1, 0.15) is 5.78 Å². The molecule has 0 bridgehead atoms. The van der Waals surface area contributed by atoms with E-state index in [0.717, 1.165) is 36.8 Å². The highest BCUT2D eigenvalue weighted by Crippen LogP contribution is 2.52. The normalized spacial score (nSPS) is 25.4. The molecule has 2 aliphatic carbocycles. The molecule has 25 heavy (non-hydrogen) atoms. The van der Waals surface area contributed by atoms with Crippen molar-refractivity contribution in [3.8, 4) is 11.5 Å². The third-order valence-electron chi connectivity index (χ3n) is 5.92. The third-order valence-corrected chi connectivity index (χ3v) is 5.92. The van der Waals surface area contributed by atoms with Crippen molar-refractivity contribution in [1.29, 1.82) is 0 Å². The topological polar surface area (TPSA) is 61.8 Å². The van der Waals surface area contributed by atoms with E-state index in [0.29, 0.717) is 24.3 Å². The van der Waals surface area contributed by atoms with Crippen LogP contribution in [0.1, 0.15) is 49.7 Å².